The van der Waals surface area contributed by atoms with Gasteiger partial charge < -0.3 is 0 Å². The second-order valence-electron chi connectivity index (χ2n) is 2.94. The van der Waals surface area contributed by atoms with Crippen molar-refractivity contribution in [3.63, 3.8) is 0 Å². The normalized spacial score (nSPS) is 25.5. The molecule has 0 aromatic carbocycles. The first-order valence-corrected chi connectivity index (χ1v) is 5.32. The van der Waals surface area contributed by atoms with Crippen molar-refractivity contribution in [1.82, 2.24) is 4.90 Å². The molecule has 5 heteroatoms. The summed E-state index contributed by atoms with van der Waals surface area (Å²) in [5, 5.41) is 4.57. The van der Waals surface area contributed by atoms with Gasteiger partial charge in [0.15, 0.2) is 0 Å². The van der Waals surface area contributed by atoms with Gasteiger partial charge in [-0.3, -0.25) is 4.90 Å². The molecule has 1 aliphatic rings. The second kappa shape index (κ2) is 3.44. The van der Waals surface area contributed by atoms with Crippen LogP contribution < -0.4 is 5.14 Å². The number of terminal acetylenes is 1. The number of nitrogens with zero attached hydrogens (tertiary/aromatic N) is 1. The molecule has 0 saturated carbocycles. The van der Waals surface area contributed by atoms with Crippen LogP contribution in [0, 0.1) is 12.3 Å². The molecule has 1 fully saturated rings. The fourth-order valence-electron chi connectivity index (χ4n) is 1.34. The van der Waals surface area contributed by atoms with Crippen molar-refractivity contribution in [3.05, 3.63) is 0 Å². The average molecular weight is 188 g/mol. The maximum atomic E-state index is 10.9. The average Bonchev–Trinajstić information content (AvgIpc) is 2.35. The van der Waals surface area contributed by atoms with E-state index in [0.717, 1.165) is 6.54 Å². The Morgan fingerprint density at radius 2 is 2.33 bits per heavy atom. The van der Waals surface area contributed by atoms with Crippen molar-refractivity contribution >= 4 is 10.0 Å². The van der Waals surface area contributed by atoms with Gasteiger partial charge in [-0.05, 0) is 6.42 Å². The maximum Gasteiger partial charge on any atom is 0.213 e. The van der Waals surface area contributed by atoms with Gasteiger partial charge >= 0.3 is 0 Å². The fourth-order valence-corrected chi connectivity index (χ4v) is 2.19. The van der Waals surface area contributed by atoms with E-state index in [1.165, 1.54) is 0 Å². The van der Waals surface area contributed by atoms with E-state index in [-0.39, 0.29) is 0 Å². The van der Waals surface area contributed by atoms with Gasteiger partial charge in [0.1, 0.15) is 0 Å². The lowest BCUT2D eigenvalue weighted by Gasteiger charge is -2.10. The topological polar surface area (TPSA) is 63.4 Å². The Balaban J connectivity index is 2.53. The highest BCUT2D eigenvalue weighted by Gasteiger charge is 2.29. The molecule has 0 aliphatic carbocycles. The van der Waals surface area contributed by atoms with Crippen molar-refractivity contribution in [2.75, 3.05) is 19.6 Å². The molecule has 12 heavy (non-hydrogen) atoms. The van der Waals surface area contributed by atoms with E-state index in [1.807, 2.05) is 4.90 Å². The van der Waals surface area contributed by atoms with Gasteiger partial charge in [-0.2, -0.15) is 0 Å². The lowest BCUT2D eigenvalue weighted by atomic mass is 10.4. The van der Waals surface area contributed by atoms with E-state index in [9.17, 15) is 8.42 Å². The first kappa shape index (κ1) is 9.52. The summed E-state index contributed by atoms with van der Waals surface area (Å²) >= 11 is 0. The third-order valence-electron chi connectivity index (χ3n) is 2.01. The van der Waals surface area contributed by atoms with E-state index in [2.05, 4.69) is 5.92 Å². The molecule has 4 nitrogen and oxygen atoms in total. The van der Waals surface area contributed by atoms with Crippen LogP contribution in [-0.4, -0.2) is 38.2 Å². The first-order valence-electron chi connectivity index (χ1n) is 3.71. The first-order chi connectivity index (χ1) is 5.54. The quantitative estimate of drug-likeness (QED) is 0.564. The summed E-state index contributed by atoms with van der Waals surface area (Å²) in [4.78, 5) is 1.91. The molecule has 1 atom stereocenters. The zero-order chi connectivity index (χ0) is 9.19. The van der Waals surface area contributed by atoms with E-state index in [4.69, 9.17) is 11.6 Å². The van der Waals surface area contributed by atoms with Gasteiger partial charge in [-0.1, -0.05) is 5.92 Å². The molecule has 1 rings (SSSR count). The van der Waals surface area contributed by atoms with E-state index >= 15 is 0 Å². The Bertz CT molecular complexity index is 291. The molecule has 0 spiro atoms. The largest absolute Gasteiger partial charge is 0.291 e. The van der Waals surface area contributed by atoms with Crippen LogP contribution in [-0.2, 0) is 10.0 Å². The van der Waals surface area contributed by atoms with Crippen LogP contribution in [0.25, 0.3) is 0 Å². The fraction of sp³-hybridized carbons (Fsp3) is 0.714. The number of hydrogen-bond acceptors (Lipinski definition) is 3. The van der Waals surface area contributed by atoms with Gasteiger partial charge in [-0.15, -0.1) is 6.42 Å². The third-order valence-corrected chi connectivity index (χ3v) is 3.32. The minimum atomic E-state index is -3.36. The van der Waals surface area contributed by atoms with Gasteiger partial charge in [-0.25, -0.2) is 13.6 Å². The molecule has 68 valence electrons. The highest BCUT2D eigenvalue weighted by atomic mass is 32.2. The Morgan fingerprint density at radius 3 is 2.75 bits per heavy atom. The molecule has 0 aromatic heterocycles. The van der Waals surface area contributed by atoms with Gasteiger partial charge in [0.05, 0.1) is 11.8 Å². The summed E-state index contributed by atoms with van der Waals surface area (Å²) in [6, 6.07) is 0. The maximum absolute atomic E-state index is 10.9. The number of primary sulfonamides is 1. The molecule has 1 heterocycles. The van der Waals surface area contributed by atoms with Crippen LogP contribution in [0.2, 0.25) is 0 Å². The highest BCUT2D eigenvalue weighted by Crippen LogP contribution is 2.13. The minimum Gasteiger partial charge on any atom is -0.291 e. The SMILES string of the molecule is C#CCN1CCC(S(N)(=O)=O)C1. The van der Waals surface area contributed by atoms with Crippen LogP contribution in [0.5, 0.6) is 0 Å². The molecule has 0 radical (unpaired) electrons. The van der Waals surface area contributed by atoms with Crippen molar-refractivity contribution < 1.29 is 8.42 Å². The van der Waals surface area contributed by atoms with Crippen molar-refractivity contribution in [2.45, 2.75) is 11.7 Å². The molecule has 1 unspecified atom stereocenters. The van der Waals surface area contributed by atoms with Crippen LogP contribution in [0.4, 0.5) is 0 Å². The van der Waals surface area contributed by atoms with E-state index in [0.29, 0.717) is 19.5 Å². The van der Waals surface area contributed by atoms with Crippen molar-refractivity contribution in [1.29, 1.82) is 0 Å². The van der Waals surface area contributed by atoms with Gasteiger partial charge in [0.2, 0.25) is 10.0 Å². The Hall–Kier alpha value is -0.570. The monoisotopic (exact) mass is 188 g/mol. The summed E-state index contributed by atoms with van der Waals surface area (Å²) in [6.45, 7) is 1.71. The summed E-state index contributed by atoms with van der Waals surface area (Å²) in [5.41, 5.74) is 0. The molecule has 0 aromatic rings. The lowest BCUT2D eigenvalue weighted by molar-refractivity contribution is 0.383. The predicted molar refractivity (Wildman–Crippen MR) is 46.8 cm³/mol. The standard InChI is InChI=1S/C7H12N2O2S/c1-2-4-9-5-3-7(6-9)12(8,10)11/h1,7H,3-6H2,(H2,8,10,11). The molecule has 0 bridgehead atoms. The molecule has 0 amide bonds. The molecule has 1 saturated heterocycles. The third kappa shape index (κ3) is 2.21. The van der Waals surface area contributed by atoms with E-state index in [1.54, 1.807) is 0 Å². The Kier molecular flexibility index (Phi) is 2.73. The summed E-state index contributed by atoms with van der Waals surface area (Å²) in [5.74, 6) is 2.47. The lowest BCUT2D eigenvalue weighted by Crippen LogP contribution is -2.31. The zero-order valence-corrected chi connectivity index (χ0v) is 7.55. The number of likely N-dealkylation sites (tertiary alicyclic amines) is 1. The van der Waals surface area contributed by atoms with Crippen LogP contribution >= 0.6 is 0 Å². The summed E-state index contributed by atoms with van der Waals surface area (Å²) in [6.07, 6.45) is 5.69. The van der Waals surface area contributed by atoms with Gasteiger partial charge in [0, 0.05) is 13.1 Å². The second-order valence-corrected chi connectivity index (χ2v) is 4.78. The molecule has 2 N–H and O–H groups in total. The molecular weight excluding hydrogens is 176 g/mol. The van der Waals surface area contributed by atoms with Crippen LogP contribution in [0.15, 0.2) is 0 Å². The van der Waals surface area contributed by atoms with E-state index < -0.39 is 15.3 Å². The van der Waals surface area contributed by atoms with Crippen molar-refractivity contribution in [3.8, 4) is 12.3 Å². The predicted octanol–water partition coefficient (Wildman–Crippen LogP) is -1.02. The Morgan fingerprint density at radius 1 is 1.67 bits per heavy atom. The van der Waals surface area contributed by atoms with Crippen LogP contribution in [0.1, 0.15) is 6.42 Å². The smallest absolute Gasteiger partial charge is 0.213 e. The van der Waals surface area contributed by atoms with Crippen LogP contribution in [0.3, 0.4) is 0 Å². The summed E-state index contributed by atoms with van der Waals surface area (Å²) in [7, 11) is -3.36. The highest BCUT2D eigenvalue weighted by molar-refractivity contribution is 7.89. The molecule has 1 aliphatic heterocycles. The summed E-state index contributed by atoms with van der Waals surface area (Å²) < 4.78 is 21.8. The number of rotatable bonds is 2. The Labute approximate surface area is 72.8 Å². The zero-order valence-electron chi connectivity index (χ0n) is 6.73. The minimum absolute atomic E-state index is 0.425. The van der Waals surface area contributed by atoms with Gasteiger partial charge in [0.25, 0.3) is 0 Å². The number of nitrogens with two attached hydrogens (primary N) is 1. The van der Waals surface area contributed by atoms with Crippen molar-refractivity contribution in [2.24, 2.45) is 5.14 Å². The number of hydrogen-bond donors (Lipinski definition) is 1. The molecular formula is C7H12N2O2S. The number of sulfonamides is 1.